The van der Waals surface area contributed by atoms with Crippen LogP contribution in [0.3, 0.4) is 0 Å². The molecule has 0 aromatic carbocycles. The zero-order valence-corrected chi connectivity index (χ0v) is 5.08. The Morgan fingerprint density at radius 1 is 1.80 bits per heavy atom. The molecule has 3 heteroatoms. The van der Waals surface area contributed by atoms with Crippen LogP contribution in [0.1, 0.15) is 0 Å². The van der Waals surface area contributed by atoms with Gasteiger partial charge in [-0.15, -0.1) is 0 Å². The largest absolute Gasteiger partial charge is 0.163 e. The first-order chi connectivity index (χ1) is 2.39. The SMILES string of the molecule is SC1CSS1. The van der Waals surface area contributed by atoms with Gasteiger partial charge in [-0.2, -0.15) is 12.6 Å². The highest BCUT2D eigenvalue weighted by Gasteiger charge is 2.12. The number of thiol groups is 1. The molecule has 1 saturated heterocycles. The monoisotopic (exact) mass is 124 g/mol. The zero-order valence-electron chi connectivity index (χ0n) is 2.55. The summed E-state index contributed by atoms with van der Waals surface area (Å²) in [6.45, 7) is 0. The van der Waals surface area contributed by atoms with Crippen LogP contribution in [0.4, 0.5) is 0 Å². The molecule has 0 bridgehead atoms. The Kier molecular flexibility index (Phi) is 1.41. The van der Waals surface area contributed by atoms with Crippen molar-refractivity contribution in [2.75, 3.05) is 5.75 Å². The highest BCUT2D eigenvalue weighted by molar-refractivity contribution is 8.81. The Labute approximate surface area is 44.9 Å². The van der Waals surface area contributed by atoms with Gasteiger partial charge in [0.15, 0.2) is 0 Å². The Bertz CT molecular complexity index is 31.9. The fraction of sp³-hybridized carbons (Fsp3) is 1.00. The Hall–Kier alpha value is 1.05. The second-order valence-electron chi connectivity index (χ2n) is 0.835. The van der Waals surface area contributed by atoms with Crippen molar-refractivity contribution >= 4 is 34.2 Å². The lowest BCUT2D eigenvalue weighted by Gasteiger charge is -2.16. The van der Waals surface area contributed by atoms with E-state index in [9.17, 15) is 0 Å². The summed E-state index contributed by atoms with van der Waals surface area (Å²) in [5, 5.41) is 0. The first kappa shape index (κ1) is 4.22. The number of hydrogen-bond acceptors (Lipinski definition) is 3. The molecule has 0 aliphatic carbocycles. The maximum Gasteiger partial charge on any atom is 0.0674 e. The van der Waals surface area contributed by atoms with Gasteiger partial charge in [-0.25, -0.2) is 0 Å². The van der Waals surface area contributed by atoms with Crippen molar-refractivity contribution in [2.24, 2.45) is 0 Å². The summed E-state index contributed by atoms with van der Waals surface area (Å²) in [5.74, 6) is 1.23. The highest BCUT2D eigenvalue weighted by atomic mass is 33.1. The van der Waals surface area contributed by atoms with Gasteiger partial charge in [0.1, 0.15) is 0 Å². The van der Waals surface area contributed by atoms with Crippen molar-refractivity contribution in [3.63, 3.8) is 0 Å². The second kappa shape index (κ2) is 1.67. The van der Waals surface area contributed by atoms with Crippen LogP contribution < -0.4 is 0 Å². The molecule has 1 fully saturated rings. The van der Waals surface area contributed by atoms with E-state index in [2.05, 4.69) is 12.6 Å². The second-order valence-corrected chi connectivity index (χ2v) is 4.42. The fourth-order valence-electron chi connectivity index (χ4n) is 0.129. The molecule has 0 N–H and O–H groups in total. The van der Waals surface area contributed by atoms with Gasteiger partial charge < -0.3 is 0 Å². The van der Waals surface area contributed by atoms with E-state index in [4.69, 9.17) is 0 Å². The van der Waals surface area contributed by atoms with Crippen LogP contribution in [-0.4, -0.2) is 10.3 Å². The van der Waals surface area contributed by atoms with E-state index < -0.39 is 0 Å². The molecular weight excluding hydrogens is 120 g/mol. The molecule has 1 aliphatic rings. The van der Waals surface area contributed by atoms with Gasteiger partial charge in [0.25, 0.3) is 0 Å². The van der Waals surface area contributed by atoms with Crippen LogP contribution in [0.2, 0.25) is 0 Å². The number of rotatable bonds is 0. The smallest absolute Gasteiger partial charge is 0.0674 e. The summed E-state index contributed by atoms with van der Waals surface area (Å²) in [5.41, 5.74) is 0. The summed E-state index contributed by atoms with van der Waals surface area (Å²) in [6.07, 6.45) is 0. The third-order valence-electron chi connectivity index (χ3n) is 0.390. The first-order valence-corrected chi connectivity index (χ1v) is 4.26. The van der Waals surface area contributed by atoms with Crippen LogP contribution in [0, 0.1) is 0 Å². The summed E-state index contributed by atoms with van der Waals surface area (Å²) < 4.78 is 0.639. The van der Waals surface area contributed by atoms with Crippen LogP contribution in [0.25, 0.3) is 0 Å². The van der Waals surface area contributed by atoms with E-state index in [-0.39, 0.29) is 0 Å². The molecule has 0 spiro atoms. The standard InChI is InChI=1S/C2H4S3/c3-2-1-4-5-2/h2-3H,1H2. The van der Waals surface area contributed by atoms with Crippen LogP contribution in [0.15, 0.2) is 0 Å². The fourth-order valence-corrected chi connectivity index (χ4v) is 2.26. The van der Waals surface area contributed by atoms with E-state index >= 15 is 0 Å². The van der Waals surface area contributed by atoms with Crippen molar-refractivity contribution in [3.8, 4) is 0 Å². The summed E-state index contributed by atoms with van der Waals surface area (Å²) in [6, 6.07) is 0. The van der Waals surface area contributed by atoms with Gasteiger partial charge in [0.2, 0.25) is 0 Å². The van der Waals surface area contributed by atoms with Crippen LogP contribution in [0.5, 0.6) is 0 Å². The third-order valence-corrected chi connectivity index (χ3v) is 4.28. The van der Waals surface area contributed by atoms with Crippen molar-refractivity contribution in [3.05, 3.63) is 0 Å². The molecule has 0 aromatic rings. The lowest BCUT2D eigenvalue weighted by molar-refractivity contribution is 1.46. The molecule has 0 aromatic heterocycles. The minimum atomic E-state index is 0.639. The molecule has 0 radical (unpaired) electrons. The molecule has 1 rings (SSSR count). The maximum absolute atomic E-state index is 4.13. The molecule has 5 heavy (non-hydrogen) atoms. The average molecular weight is 124 g/mol. The zero-order chi connectivity index (χ0) is 3.70. The van der Waals surface area contributed by atoms with E-state index in [1.807, 2.05) is 21.6 Å². The normalized spacial score (nSPS) is 36.6. The summed E-state index contributed by atoms with van der Waals surface area (Å²) in [7, 11) is 3.73. The molecule has 0 nitrogen and oxygen atoms in total. The van der Waals surface area contributed by atoms with Gasteiger partial charge in [0, 0.05) is 5.75 Å². The van der Waals surface area contributed by atoms with Crippen molar-refractivity contribution in [2.45, 2.75) is 4.58 Å². The van der Waals surface area contributed by atoms with E-state index in [0.717, 1.165) is 0 Å². The molecule has 1 aliphatic heterocycles. The average Bonchev–Trinajstić information content (AvgIpc) is 1.30. The molecule has 1 heterocycles. The molecule has 1 unspecified atom stereocenters. The van der Waals surface area contributed by atoms with Gasteiger partial charge in [-0.05, 0) is 0 Å². The van der Waals surface area contributed by atoms with Crippen molar-refractivity contribution in [1.82, 2.24) is 0 Å². The van der Waals surface area contributed by atoms with Gasteiger partial charge in [0.05, 0.1) is 4.58 Å². The van der Waals surface area contributed by atoms with Crippen LogP contribution >= 0.6 is 34.2 Å². The lowest BCUT2D eigenvalue weighted by Crippen LogP contribution is -2.01. The highest BCUT2D eigenvalue weighted by Crippen LogP contribution is 2.41. The van der Waals surface area contributed by atoms with E-state index in [0.29, 0.717) is 4.58 Å². The topological polar surface area (TPSA) is 0 Å². The minimum Gasteiger partial charge on any atom is -0.163 e. The molecule has 30 valence electrons. The summed E-state index contributed by atoms with van der Waals surface area (Å²) >= 11 is 4.13. The Morgan fingerprint density at radius 2 is 2.20 bits per heavy atom. The Balaban J connectivity index is 2.08. The maximum atomic E-state index is 4.13. The minimum absolute atomic E-state index is 0.639. The van der Waals surface area contributed by atoms with Crippen molar-refractivity contribution < 1.29 is 0 Å². The molecule has 0 saturated carbocycles. The first-order valence-electron chi connectivity index (χ1n) is 1.36. The number of hydrogen-bond donors (Lipinski definition) is 1. The lowest BCUT2D eigenvalue weighted by atomic mass is 10.9. The summed E-state index contributed by atoms with van der Waals surface area (Å²) in [4.78, 5) is 0. The van der Waals surface area contributed by atoms with Gasteiger partial charge in [-0.1, -0.05) is 21.6 Å². The van der Waals surface area contributed by atoms with E-state index in [1.54, 1.807) is 0 Å². The predicted molar refractivity (Wildman–Crippen MR) is 32.8 cm³/mol. The van der Waals surface area contributed by atoms with E-state index in [1.165, 1.54) is 5.75 Å². The molecule has 1 atom stereocenters. The van der Waals surface area contributed by atoms with Gasteiger partial charge >= 0.3 is 0 Å². The molecular formula is C2H4S3. The predicted octanol–water partition coefficient (Wildman–Crippen LogP) is 1.64. The Morgan fingerprint density at radius 3 is 2.20 bits per heavy atom. The third kappa shape index (κ3) is 0.945. The quantitative estimate of drug-likeness (QED) is 0.385. The molecule has 0 amide bonds. The van der Waals surface area contributed by atoms with Crippen LogP contribution in [-0.2, 0) is 0 Å². The van der Waals surface area contributed by atoms with Crippen molar-refractivity contribution in [1.29, 1.82) is 0 Å². The van der Waals surface area contributed by atoms with Gasteiger partial charge in [-0.3, -0.25) is 0 Å².